The van der Waals surface area contributed by atoms with Gasteiger partial charge in [0, 0.05) is 13.2 Å². The lowest BCUT2D eigenvalue weighted by Gasteiger charge is -2.20. The molecular formula is C9H21NO. The second-order valence-electron chi connectivity index (χ2n) is 3.53. The molecule has 0 unspecified atom stereocenters. The Morgan fingerprint density at radius 1 is 1.18 bits per heavy atom. The van der Waals surface area contributed by atoms with Crippen LogP contribution in [0.4, 0.5) is 0 Å². The monoisotopic (exact) mass is 159 g/mol. The van der Waals surface area contributed by atoms with Gasteiger partial charge in [0.25, 0.3) is 0 Å². The first kappa shape index (κ1) is 10.9. The third-order valence-corrected chi connectivity index (χ3v) is 1.92. The molecule has 2 heteroatoms. The Labute approximate surface area is 70.3 Å². The first-order valence-electron chi connectivity index (χ1n) is 4.34. The topological polar surface area (TPSA) is 21.3 Å². The van der Waals surface area contributed by atoms with E-state index in [-0.39, 0.29) is 0 Å². The van der Waals surface area contributed by atoms with E-state index in [9.17, 15) is 0 Å². The zero-order chi connectivity index (χ0) is 8.85. The van der Waals surface area contributed by atoms with Gasteiger partial charge in [-0.25, -0.2) is 0 Å². The number of hydrogen-bond donors (Lipinski definition) is 1. The molecule has 0 saturated heterocycles. The molecule has 0 radical (unpaired) electrons. The zero-order valence-electron chi connectivity index (χ0n) is 8.35. The minimum Gasteiger partial charge on any atom is -0.380 e. The predicted octanol–water partition coefficient (Wildman–Crippen LogP) is 1.66. The fourth-order valence-electron chi connectivity index (χ4n) is 0.792. The Balaban J connectivity index is 3.43. The van der Waals surface area contributed by atoms with E-state index in [1.54, 1.807) is 7.11 Å². The molecule has 0 aromatic rings. The van der Waals surface area contributed by atoms with Crippen molar-refractivity contribution >= 4 is 0 Å². The smallest absolute Gasteiger partial charge is 0.0693 e. The molecule has 0 aliphatic heterocycles. The van der Waals surface area contributed by atoms with Gasteiger partial charge in [-0.1, -0.05) is 13.8 Å². The second-order valence-corrected chi connectivity index (χ2v) is 3.53. The summed E-state index contributed by atoms with van der Waals surface area (Å²) in [4.78, 5) is 0. The van der Waals surface area contributed by atoms with Crippen LogP contribution in [0.15, 0.2) is 0 Å². The highest BCUT2D eigenvalue weighted by Gasteiger charge is 2.09. The van der Waals surface area contributed by atoms with Gasteiger partial charge in [-0.15, -0.1) is 0 Å². The summed E-state index contributed by atoms with van der Waals surface area (Å²) >= 11 is 0. The summed E-state index contributed by atoms with van der Waals surface area (Å²) in [7, 11) is 1.75. The summed E-state index contributed by atoms with van der Waals surface area (Å²) in [5, 5.41) is 3.41. The lowest BCUT2D eigenvalue weighted by atomic mass is 10.1. The average Bonchev–Trinajstić information content (AvgIpc) is 1.98. The van der Waals surface area contributed by atoms with Crippen molar-refractivity contribution in [3.8, 4) is 0 Å². The standard InChI is InChI=1S/C9H21NO/c1-7(2)6-10-8(3)9(4)11-5/h7-10H,6H2,1-5H3/t8-,9+/m1/s1. The van der Waals surface area contributed by atoms with Crippen molar-refractivity contribution in [3.05, 3.63) is 0 Å². The van der Waals surface area contributed by atoms with Crippen molar-refractivity contribution in [3.63, 3.8) is 0 Å². The van der Waals surface area contributed by atoms with E-state index in [1.807, 2.05) is 0 Å². The number of rotatable bonds is 5. The van der Waals surface area contributed by atoms with Crippen LogP contribution in [-0.4, -0.2) is 25.8 Å². The molecule has 11 heavy (non-hydrogen) atoms. The van der Waals surface area contributed by atoms with E-state index in [0.29, 0.717) is 18.1 Å². The first-order chi connectivity index (χ1) is 5.07. The van der Waals surface area contributed by atoms with Crippen LogP contribution in [-0.2, 0) is 4.74 Å². The van der Waals surface area contributed by atoms with Crippen LogP contribution < -0.4 is 5.32 Å². The van der Waals surface area contributed by atoms with Gasteiger partial charge in [-0.3, -0.25) is 0 Å². The number of hydrogen-bond acceptors (Lipinski definition) is 2. The van der Waals surface area contributed by atoms with Crippen LogP contribution in [0.3, 0.4) is 0 Å². The summed E-state index contributed by atoms with van der Waals surface area (Å²) in [5.74, 6) is 0.710. The van der Waals surface area contributed by atoms with Crippen LogP contribution in [0, 0.1) is 5.92 Å². The molecule has 0 bridgehead atoms. The van der Waals surface area contributed by atoms with Crippen LogP contribution in [0.5, 0.6) is 0 Å². The molecule has 0 aliphatic carbocycles. The third-order valence-electron chi connectivity index (χ3n) is 1.92. The van der Waals surface area contributed by atoms with Crippen LogP contribution in [0.2, 0.25) is 0 Å². The molecule has 0 rings (SSSR count). The normalized spacial score (nSPS) is 16.9. The molecule has 0 spiro atoms. The molecule has 0 aromatic heterocycles. The maximum absolute atomic E-state index is 5.18. The van der Waals surface area contributed by atoms with Gasteiger partial charge in [0.15, 0.2) is 0 Å². The van der Waals surface area contributed by atoms with Gasteiger partial charge in [-0.2, -0.15) is 0 Å². The Bertz CT molecular complexity index is 93.6. The highest BCUT2D eigenvalue weighted by Crippen LogP contribution is 1.97. The Hall–Kier alpha value is -0.0800. The number of nitrogens with one attached hydrogen (secondary N) is 1. The SMILES string of the molecule is CO[C@@H](C)[C@@H](C)NCC(C)C. The van der Waals surface area contributed by atoms with E-state index in [2.05, 4.69) is 33.0 Å². The van der Waals surface area contributed by atoms with E-state index in [1.165, 1.54) is 0 Å². The minimum atomic E-state index is 0.300. The lowest BCUT2D eigenvalue weighted by Crippen LogP contribution is -2.38. The fraction of sp³-hybridized carbons (Fsp3) is 1.00. The highest BCUT2D eigenvalue weighted by atomic mass is 16.5. The second kappa shape index (κ2) is 5.56. The first-order valence-corrected chi connectivity index (χ1v) is 4.34. The van der Waals surface area contributed by atoms with Crippen LogP contribution in [0.1, 0.15) is 27.7 Å². The maximum Gasteiger partial charge on any atom is 0.0693 e. The quantitative estimate of drug-likeness (QED) is 0.658. The summed E-state index contributed by atoms with van der Waals surface area (Å²) in [5.41, 5.74) is 0. The van der Waals surface area contributed by atoms with E-state index in [0.717, 1.165) is 6.54 Å². The molecule has 0 aromatic carbocycles. The third kappa shape index (κ3) is 5.22. The number of methoxy groups -OCH3 is 1. The molecule has 68 valence electrons. The molecule has 0 amide bonds. The molecule has 0 aliphatic rings. The van der Waals surface area contributed by atoms with Gasteiger partial charge in [0.1, 0.15) is 0 Å². The van der Waals surface area contributed by atoms with Crippen molar-refractivity contribution in [2.75, 3.05) is 13.7 Å². The van der Waals surface area contributed by atoms with Gasteiger partial charge < -0.3 is 10.1 Å². The Morgan fingerprint density at radius 2 is 1.73 bits per heavy atom. The van der Waals surface area contributed by atoms with Crippen LogP contribution >= 0.6 is 0 Å². The molecule has 0 fully saturated rings. The van der Waals surface area contributed by atoms with Crippen molar-refractivity contribution in [1.29, 1.82) is 0 Å². The summed E-state index contributed by atoms with van der Waals surface area (Å²) in [6, 6.07) is 0.447. The molecular weight excluding hydrogens is 138 g/mol. The van der Waals surface area contributed by atoms with Gasteiger partial charge >= 0.3 is 0 Å². The van der Waals surface area contributed by atoms with Gasteiger partial charge in [-0.05, 0) is 26.3 Å². The summed E-state index contributed by atoms with van der Waals surface area (Å²) in [6.45, 7) is 9.71. The maximum atomic E-state index is 5.18. The summed E-state index contributed by atoms with van der Waals surface area (Å²) < 4.78 is 5.18. The molecule has 2 nitrogen and oxygen atoms in total. The number of ether oxygens (including phenoxy) is 1. The Kier molecular flexibility index (Phi) is 5.51. The molecule has 2 atom stereocenters. The predicted molar refractivity (Wildman–Crippen MR) is 48.8 cm³/mol. The van der Waals surface area contributed by atoms with Crippen LogP contribution in [0.25, 0.3) is 0 Å². The fourth-order valence-corrected chi connectivity index (χ4v) is 0.792. The van der Waals surface area contributed by atoms with Crippen molar-refractivity contribution < 1.29 is 4.74 Å². The minimum absolute atomic E-state index is 0.300. The largest absolute Gasteiger partial charge is 0.380 e. The molecule has 0 heterocycles. The highest BCUT2D eigenvalue weighted by molar-refractivity contribution is 4.68. The summed E-state index contributed by atoms with van der Waals surface area (Å²) in [6.07, 6.45) is 0.300. The van der Waals surface area contributed by atoms with E-state index >= 15 is 0 Å². The zero-order valence-corrected chi connectivity index (χ0v) is 8.35. The lowest BCUT2D eigenvalue weighted by molar-refractivity contribution is 0.0878. The Morgan fingerprint density at radius 3 is 2.09 bits per heavy atom. The van der Waals surface area contributed by atoms with E-state index < -0.39 is 0 Å². The van der Waals surface area contributed by atoms with Crippen molar-refractivity contribution in [1.82, 2.24) is 5.32 Å². The van der Waals surface area contributed by atoms with Crippen molar-refractivity contribution in [2.45, 2.75) is 39.8 Å². The van der Waals surface area contributed by atoms with Crippen molar-refractivity contribution in [2.24, 2.45) is 5.92 Å². The van der Waals surface area contributed by atoms with Gasteiger partial charge in [0.05, 0.1) is 6.10 Å². The molecule has 1 N–H and O–H groups in total. The van der Waals surface area contributed by atoms with Gasteiger partial charge in [0.2, 0.25) is 0 Å². The van der Waals surface area contributed by atoms with E-state index in [4.69, 9.17) is 4.74 Å². The molecule has 0 saturated carbocycles. The average molecular weight is 159 g/mol.